The molecule has 0 aliphatic carbocycles. The summed E-state index contributed by atoms with van der Waals surface area (Å²) >= 11 is 1.60. The molecule has 0 amide bonds. The molecule has 1 aromatic rings. The molecule has 1 atom stereocenters. The molecule has 0 spiro atoms. The second-order valence-corrected chi connectivity index (χ2v) is 6.73. The lowest BCUT2D eigenvalue weighted by atomic mass is 10.4. The van der Waals surface area contributed by atoms with Gasteiger partial charge in [-0.2, -0.15) is 11.8 Å². The molecule has 0 aliphatic heterocycles. The summed E-state index contributed by atoms with van der Waals surface area (Å²) < 4.78 is 32.3. The van der Waals surface area contributed by atoms with Gasteiger partial charge in [0.2, 0.25) is 10.0 Å². The van der Waals surface area contributed by atoms with E-state index in [1.807, 2.05) is 13.2 Å². The monoisotopic (exact) mass is 292 g/mol. The summed E-state index contributed by atoms with van der Waals surface area (Å²) in [6.45, 7) is 4.02. The lowest BCUT2D eigenvalue weighted by Gasteiger charge is -2.12. The lowest BCUT2D eigenvalue weighted by molar-refractivity contribution is 0.465. The lowest BCUT2D eigenvalue weighted by Crippen LogP contribution is -2.34. The summed E-state index contributed by atoms with van der Waals surface area (Å²) in [5.41, 5.74) is 0. The summed E-state index contributed by atoms with van der Waals surface area (Å²) in [6, 6.07) is 1.46. The van der Waals surface area contributed by atoms with Crippen molar-refractivity contribution in [2.75, 3.05) is 19.1 Å². The number of hydrogen-bond acceptors (Lipinski definition) is 5. The maximum atomic E-state index is 12.2. The zero-order valence-electron chi connectivity index (χ0n) is 11.1. The highest BCUT2D eigenvalue weighted by Crippen LogP contribution is 2.20. The van der Waals surface area contributed by atoms with E-state index in [4.69, 9.17) is 4.42 Å². The van der Waals surface area contributed by atoms with Crippen molar-refractivity contribution in [1.29, 1.82) is 0 Å². The van der Waals surface area contributed by atoms with Gasteiger partial charge in [0.05, 0.1) is 6.54 Å². The molecule has 0 saturated heterocycles. The maximum Gasteiger partial charge on any atom is 0.244 e. The summed E-state index contributed by atoms with van der Waals surface area (Å²) in [4.78, 5) is 0.223. The van der Waals surface area contributed by atoms with Gasteiger partial charge < -0.3 is 9.73 Å². The predicted molar refractivity (Wildman–Crippen MR) is 74.4 cm³/mol. The Kier molecular flexibility index (Phi) is 5.71. The van der Waals surface area contributed by atoms with Gasteiger partial charge in [0.1, 0.15) is 16.4 Å². The van der Waals surface area contributed by atoms with Gasteiger partial charge in [-0.3, -0.25) is 0 Å². The molecule has 2 N–H and O–H groups in total. The van der Waals surface area contributed by atoms with E-state index in [-0.39, 0.29) is 10.9 Å². The van der Waals surface area contributed by atoms with Gasteiger partial charge in [0, 0.05) is 17.9 Å². The third-order valence-corrected chi connectivity index (χ3v) is 4.87. The Morgan fingerprint density at radius 3 is 2.72 bits per heavy atom. The van der Waals surface area contributed by atoms with Crippen LogP contribution in [-0.4, -0.2) is 33.5 Å². The first-order valence-corrected chi connectivity index (χ1v) is 8.53. The maximum absolute atomic E-state index is 12.2. The molecular weight excluding hydrogens is 272 g/mol. The SMILES string of the molecule is CNCc1cc(S(=O)(=O)NC(C)CSC)c(C)o1. The average Bonchev–Trinajstić information content (AvgIpc) is 2.60. The standard InChI is InChI=1S/C11H20N2O3S2/c1-8(7-17-4)13-18(14,15)11-5-10(6-12-3)16-9(11)2/h5,8,12-13H,6-7H2,1-4H3. The zero-order valence-corrected chi connectivity index (χ0v) is 12.7. The molecule has 0 aromatic carbocycles. The van der Waals surface area contributed by atoms with Crippen molar-refractivity contribution >= 4 is 21.8 Å². The first-order valence-electron chi connectivity index (χ1n) is 5.66. The minimum absolute atomic E-state index is 0.105. The van der Waals surface area contributed by atoms with E-state index >= 15 is 0 Å². The molecule has 1 rings (SSSR count). The third-order valence-electron chi connectivity index (χ3n) is 2.34. The fraction of sp³-hybridized carbons (Fsp3) is 0.636. The van der Waals surface area contributed by atoms with Gasteiger partial charge in [-0.05, 0) is 27.2 Å². The van der Waals surface area contributed by atoms with Crippen molar-refractivity contribution in [1.82, 2.24) is 10.0 Å². The summed E-state index contributed by atoms with van der Waals surface area (Å²) in [6.07, 6.45) is 1.94. The van der Waals surface area contributed by atoms with Crippen molar-refractivity contribution in [3.63, 3.8) is 0 Å². The molecule has 1 unspecified atom stereocenters. The number of rotatable bonds is 7. The quantitative estimate of drug-likeness (QED) is 0.793. The molecule has 0 radical (unpaired) electrons. The Morgan fingerprint density at radius 2 is 2.17 bits per heavy atom. The van der Waals surface area contributed by atoms with E-state index in [9.17, 15) is 8.42 Å². The Bertz CT molecular complexity index is 482. The van der Waals surface area contributed by atoms with E-state index < -0.39 is 10.0 Å². The van der Waals surface area contributed by atoms with Gasteiger partial charge in [-0.1, -0.05) is 0 Å². The van der Waals surface area contributed by atoms with Crippen LogP contribution in [0, 0.1) is 6.92 Å². The first-order chi connectivity index (χ1) is 8.40. The molecule has 1 aromatic heterocycles. The molecule has 0 aliphatic rings. The molecular formula is C11H20N2O3S2. The Morgan fingerprint density at radius 1 is 1.50 bits per heavy atom. The fourth-order valence-corrected chi connectivity index (χ4v) is 3.80. The van der Waals surface area contributed by atoms with Crippen LogP contribution in [0.3, 0.4) is 0 Å². The second kappa shape index (κ2) is 6.60. The van der Waals surface area contributed by atoms with Crippen LogP contribution >= 0.6 is 11.8 Å². The van der Waals surface area contributed by atoms with E-state index in [0.29, 0.717) is 18.1 Å². The van der Waals surface area contributed by atoms with Crippen molar-refractivity contribution in [3.8, 4) is 0 Å². The molecule has 0 saturated carbocycles. The van der Waals surface area contributed by atoms with Crippen LogP contribution in [0.2, 0.25) is 0 Å². The van der Waals surface area contributed by atoms with Crippen LogP contribution in [0.5, 0.6) is 0 Å². The number of aryl methyl sites for hydroxylation is 1. The normalized spacial score (nSPS) is 13.8. The average molecular weight is 292 g/mol. The molecule has 104 valence electrons. The number of hydrogen-bond donors (Lipinski definition) is 2. The highest BCUT2D eigenvalue weighted by molar-refractivity contribution is 7.98. The van der Waals surface area contributed by atoms with E-state index in [0.717, 1.165) is 5.75 Å². The number of thioether (sulfide) groups is 1. The number of nitrogens with one attached hydrogen (secondary N) is 2. The van der Waals surface area contributed by atoms with E-state index in [1.165, 1.54) is 0 Å². The van der Waals surface area contributed by atoms with Crippen LogP contribution in [0.15, 0.2) is 15.4 Å². The smallest absolute Gasteiger partial charge is 0.244 e. The Balaban J connectivity index is 2.90. The minimum Gasteiger partial charge on any atom is -0.464 e. The van der Waals surface area contributed by atoms with Crippen LogP contribution in [0.4, 0.5) is 0 Å². The third kappa shape index (κ3) is 4.01. The largest absolute Gasteiger partial charge is 0.464 e. The van der Waals surface area contributed by atoms with Crippen LogP contribution in [-0.2, 0) is 16.6 Å². The number of sulfonamides is 1. The van der Waals surface area contributed by atoms with Crippen molar-refractivity contribution < 1.29 is 12.8 Å². The predicted octanol–water partition coefficient (Wildman–Crippen LogP) is 1.34. The summed E-state index contributed by atoms with van der Waals surface area (Å²) in [7, 11) is -1.71. The summed E-state index contributed by atoms with van der Waals surface area (Å²) in [5.74, 6) is 1.77. The van der Waals surface area contributed by atoms with Gasteiger partial charge in [0.15, 0.2) is 0 Å². The van der Waals surface area contributed by atoms with Crippen molar-refractivity contribution in [3.05, 3.63) is 17.6 Å². The molecule has 18 heavy (non-hydrogen) atoms. The van der Waals surface area contributed by atoms with E-state index in [2.05, 4.69) is 10.0 Å². The molecule has 7 heteroatoms. The summed E-state index contributed by atoms with van der Waals surface area (Å²) in [5, 5.41) is 2.92. The van der Waals surface area contributed by atoms with E-state index in [1.54, 1.807) is 31.8 Å². The Labute approximate surface area is 113 Å². The fourth-order valence-electron chi connectivity index (χ4n) is 1.66. The van der Waals surface area contributed by atoms with Crippen molar-refractivity contribution in [2.24, 2.45) is 0 Å². The molecule has 1 heterocycles. The van der Waals surface area contributed by atoms with Gasteiger partial charge in [-0.15, -0.1) is 0 Å². The van der Waals surface area contributed by atoms with Gasteiger partial charge in [0.25, 0.3) is 0 Å². The van der Waals surface area contributed by atoms with Crippen LogP contribution < -0.4 is 10.0 Å². The van der Waals surface area contributed by atoms with Crippen LogP contribution in [0.25, 0.3) is 0 Å². The van der Waals surface area contributed by atoms with Gasteiger partial charge >= 0.3 is 0 Å². The molecule has 0 bridgehead atoms. The van der Waals surface area contributed by atoms with Crippen LogP contribution in [0.1, 0.15) is 18.4 Å². The molecule has 5 nitrogen and oxygen atoms in total. The van der Waals surface area contributed by atoms with Gasteiger partial charge in [-0.25, -0.2) is 13.1 Å². The second-order valence-electron chi connectivity index (χ2n) is 4.14. The highest BCUT2D eigenvalue weighted by Gasteiger charge is 2.22. The topological polar surface area (TPSA) is 71.3 Å². The van der Waals surface area contributed by atoms with Crippen molar-refractivity contribution in [2.45, 2.75) is 31.3 Å². The minimum atomic E-state index is -3.49. The molecule has 0 fully saturated rings. The first kappa shape index (κ1) is 15.6. The zero-order chi connectivity index (χ0) is 13.8. The highest BCUT2D eigenvalue weighted by atomic mass is 32.2. The Hall–Kier alpha value is -0.500. The number of furan rings is 1.